The standard InChI is InChI=1S/C13H19N5S/c1-2-8-18-12(10-14)16-17-13(18)19-9-5-11-3-6-15-7-4-11/h3-4,6-7H,2,5,8-10,14H2,1H3. The molecule has 0 aromatic carbocycles. The third-order valence-corrected chi connectivity index (χ3v) is 3.76. The fourth-order valence-corrected chi connectivity index (χ4v) is 2.81. The van der Waals surface area contributed by atoms with Gasteiger partial charge in [0.05, 0.1) is 6.54 Å². The second kappa shape index (κ2) is 7.25. The number of thioether (sulfide) groups is 1. The van der Waals surface area contributed by atoms with Crippen LogP contribution in [0.15, 0.2) is 29.7 Å². The molecule has 0 saturated carbocycles. The van der Waals surface area contributed by atoms with Crippen molar-refractivity contribution in [3.05, 3.63) is 35.9 Å². The molecule has 19 heavy (non-hydrogen) atoms. The van der Waals surface area contributed by atoms with Gasteiger partial charge in [0, 0.05) is 24.7 Å². The van der Waals surface area contributed by atoms with E-state index in [1.165, 1.54) is 5.56 Å². The van der Waals surface area contributed by atoms with Gasteiger partial charge in [-0.3, -0.25) is 4.98 Å². The number of hydrogen-bond donors (Lipinski definition) is 1. The highest BCUT2D eigenvalue weighted by molar-refractivity contribution is 7.99. The predicted molar refractivity (Wildman–Crippen MR) is 76.9 cm³/mol. The zero-order valence-corrected chi connectivity index (χ0v) is 11.9. The van der Waals surface area contributed by atoms with E-state index in [4.69, 9.17) is 5.73 Å². The first-order valence-corrected chi connectivity index (χ1v) is 7.47. The second-order valence-electron chi connectivity index (χ2n) is 4.21. The van der Waals surface area contributed by atoms with Crippen LogP contribution < -0.4 is 5.73 Å². The van der Waals surface area contributed by atoms with E-state index in [1.807, 2.05) is 24.5 Å². The van der Waals surface area contributed by atoms with Gasteiger partial charge < -0.3 is 10.3 Å². The van der Waals surface area contributed by atoms with Crippen LogP contribution in [-0.4, -0.2) is 25.5 Å². The van der Waals surface area contributed by atoms with Crippen LogP contribution in [0.25, 0.3) is 0 Å². The first-order valence-electron chi connectivity index (χ1n) is 6.49. The molecule has 2 aromatic heterocycles. The maximum atomic E-state index is 5.67. The molecule has 2 N–H and O–H groups in total. The molecule has 0 aliphatic carbocycles. The second-order valence-corrected chi connectivity index (χ2v) is 5.27. The van der Waals surface area contributed by atoms with E-state index in [9.17, 15) is 0 Å². The quantitative estimate of drug-likeness (QED) is 0.782. The summed E-state index contributed by atoms with van der Waals surface area (Å²) in [6, 6.07) is 4.09. The summed E-state index contributed by atoms with van der Waals surface area (Å²) in [5, 5.41) is 9.33. The number of nitrogens with zero attached hydrogens (tertiary/aromatic N) is 4. The molecule has 0 saturated heterocycles. The van der Waals surface area contributed by atoms with Gasteiger partial charge >= 0.3 is 0 Å². The summed E-state index contributed by atoms with van der Waals surface area (Å²) in [7, 11) is 0. The predicted octanol–water partition coefficient (Wildman–Crippen LogP) is 1.88. The van der Waals surface area contributed by atoms with Crippen molar-refractivity contribution in [2.45, 2.75) is 38.0 Å². The molecule has 2 rings (SSSR count). The highest BCUT2D eigenvalue weighted by atomic mass is 32.2. The van der Waals surface area contributed by atoms with Gasteiger partial charge in [-0.05, 0) is 30.5 Å². The topological polar surface area (TPSA) is 69.6 Å². The molecule has 0 amide bonds. The largest absolute Gasteiger partial charge is 0.324 e. The Morgan fingerprint density at radius 2 is 2.05 bits per heavy atom. The monoisotopic (exact) mass is 277 g/mol. The Balaban J connectivity index is 1.94. The Hall–Kier alpha value is -1.40. The lowest BCUT2D eigenvalue weighted by molar-refractivity contribution is 0.592. The fourth-order valence-electron chi connectivity index (χ4n) is 1.83. The Kier molecular flexibility index (Phi) is 5.35. The van der Waals surface area contributed by atoms with E-state index in [2.05, 4.69) is 26.7 Å². The molecule has 0 fully saturated rings. The Bertz CT molecular complexity index is 497. The molecule has 0 unspecified atom stereocenters. The minimum atomic E-state index is 0.442. The lowest BCUT2D eigenvalue weighted by Gasteiger charge is -2.07. The maximum Gasteiger partial charge on any atom is 0.191 e. The summed E-state index contributed by atoms with van der Waals surface area (Å²) in [5.41, 5.74) is 6.97. The van der Waals surface area contributed by atoms with E-state index in [-0.39, 0.29) is 0 Å². The van der Waals surface area contributed by atoms with Gasteiger partial charge in [0.2, 0.25) is 0 Å². The maximum absolute atomic E-state index is 5.67. The van der Waals surface area contributed by atoms with Gasteiger partial charge in [-0.25, -0.2) is 0 Å². The van der Waals surface area contributed by atoms with Crippen molar-refractivity contribution in [2.24, 2.45) is 5.73 Å². The molecule has 2 heterocycles. The van der Waals surface area contributed by atoms with Gasteiger partial charge in [-0.1, -0.05) is 18.7 Å². The van der Waals surface area contributed by atoms with Crippen LogP contribution in [0.1, 0.15) is 24.7 Å². The molecule has 6 heteroatoms. The average Bonchev–Trinajstić information content (AvgIpc) is 2.83. The SMILES string of the molecule is CCCn1c(CN)nnc1SCCc1ccncc1. The molecular formula is C13H19N5S. The summed E-state index contributed by atoms with van der Waals surface area (Å²) in [4.78, 5) is 4.02. The minimum absolute atomic E-state index is 0.442. The van der Waals surface area contributed by atoms with Crippen molar-refractivity contribution >= 4 is 11.8 Å². The lowest BCUT2D eigenvalue weighted by atomic mass is 10.2. The third kappa shape index (κ3) is 3.78. The molecule has 5 nitrogen and oxygen atoms in total. The van der Waals surface area contributed by atoms with Crippen molar-refractivity contribution in [1.29, 1.82) is 0 Å². The molecule has 0 bridgehead atoms. The zero-order chi connectivity index (χ0) is 13.5. The van der Waals surface area contributed by atoms with Crippen LogP contribution in [0, 0.1) is 0 Å². The number of hydrogen-bond acceptors (Lipinski definition) is 5. The van der Waals surface area contributed by atoms with Gasteiger partial charge in [0.15, 0.2) is 5.16 Å². The smallest absolute Gasteiger partial charge is 0.191 e. The molecule has 0 aliphatic rings. The van der Waals surface area contributed by atoms with E-state index < -0.39 is 0 Å². The van der Waals surface area contributed by atoms with Gasteiger partial charge in [-0.15, -0.1) is 10.2 Å². The van der Waals surface area contributed by atoms with E-state index >= 15 is 0 Å². The van der Waals surface area contributed by atoms with Crippen LogP contribution in [0.2, 0.25) is 0 Å². The minimum Gasteiger partial charge on any atom is -0.324 e. The Morgan fingerprint density at radius 3 is 2.74 bits per heavy atom. The molecule has 2 aromatic rings. The summed E-state index contributed by atoms with van der Waals surface area (Å²) < 4.78 is 2.12. The van der Waals surface area contributed by atoms with Crippen LogP contribution in [-0.2, 0) is 19.5 Å². The number of aromatic nitrogens is 4. The van der Waals surface area contributed by atoms with Crippen LogP contribution >= 0.6 is 11.8 Å². The van der Waals surface area contributed by atoms with E-state index in [0.29, 0.717) is 6.54 Å². The highest BCUT2D eigenvalue weighted by Gasteiger charge is 2.10. The van der Waals surface area contributed by atoms with Crippen molar-refractivity contribution < 1.29 is 0 Å². The van der Waals surface area contributed by atoms with Crippen LogP contribution in [0.5, 0.6) is 0 Å². The van der Waals surface area contributed by atoms with Gasteiger partial charge in [0.25, 0.3) is 0 Å². The molecule has 0 atom stereocenters. The van der Waals surface area contributed by atoms with E-state index in [1.54, 1.807) is 11.8 Å². The van der Waals surface area contributed by atoms with Crippen molar-refractivity contribution in [1.82, 2.24) is 19.7 Å². The first-order chi connectivity index (χ1) is 9.35. The zero-order valence-electron chi connectivity index (χ0n) is 11.1. The number of pyridine rings is 1. The van der Waals surface area contributed by atoms with Crippen LogP contribution in [0.3, 0.4) is 0 Å². The Labute approximate surface area is 117 Å². The number of rotatable bonds is 7. The highest BCUT2D eigenvalue weighted by Crippen LogP contribution is 2.18. The molecule has 102 valence electrons. The number of nitrogens with two attached hydrogens (primary N) is 1. The molecule has 0 radical (unpaired) electrons. The molecule has 0 spiro atoms. The first kappa shape index (κ1) is 14.0. The summed E-state index contributed by atoms with van der Waals surface area (Å²) in [6.07, 6.45) is 5.71. The van der Waals surface area contributed by atoms with Gasteiger partial charge in [0.1, 0.15) is 5.82 Å². The lowest BCUT2D eigenvalue weighted by Crippen LogP contribution is -2.09. The van der Waals surface area contributed by atoms with Crippen LogP contribution in [0.4, 0.5) is 0 Å². The fraction of sp³-hybridized carbons (Fsp3) is 0.462. The number of aryl methyl sites for hydroxylation is 1. The molecular weight excluding hydrogens is 258 g/mol. The van der Waals surface area contributed by atoms with E-state index in [0.717, 1.165) is 36.1 Å². The molecule has 0 aliphatic heterocycles. The van der Waals surface area contributed by atoms with Crippen molar-refractivity contribution in [3.8, 4) is 0 Å². The van der Waals surface area contributed by atoms with Gasteiger partial charge in [-0.2, -0.15) is 0 Å². The Morgan fingerprint density at radius 1 is 1.26 bits per heavy atom. The summed E-state index contributed by atoms with van der Waals surface area (Å²) in [6.45, 7) is 3.51. The normalized spacial score (nSPS) is 10.8. The summed E-state index contributed by atoms with van der Waals surface area (Å²) in [5.74, 6) is 1.85. The van der Waals surface area contributed by atoms with Crippen molar-refractivity contribution in [2.75, 3.05) is 5.75 Å². The third-order valence-electron chi connectivity index (χ3n) is 2.79. The average molecular weight is 277 g/mol. The summed E-state index contributed by atoms with van der Waals surface area (Å²) >= 11 is 1.73. The van der Waals surface area contributed by atoms with Crippen molar-refractivity contribution in [3.63, 3.8) is 0 Å².